The van der Waals surface area contributed by atoms with Gasteiger partial charge in [0.05, 0.1) is 13.3 Å². The van der Waals surface area contributed by atoms with Crippen molar-refractivity contribution in [3.05, 3.63) is 70.8 Å². The molecule has 2 fully saturated rings. The number of aliphatic hydroxyl groups is 1. The van der Waals surface area contributed by atoms with Crippen molar-refractivity contribution in [3.63, 3.8) is 0 Å². The van der Waals surface area contributed by atoms with Gasteiger partial charge in [0, 0.05) is 23.3 Å². The maximum absolute atomic E-state index is 15.4. The fourth-order valence-electron chi connectivity index (χ4n) is 7.93. The zero-order valence-electron chi connectivity index (χ0n) is 27.1. The summed E-state index contributed by atoms with van der Waals surface area (Å²) in [5, 5.41) is 9.65. The van der Waals surface area contributed by atoms with Crippen LogP contribution in [0.5, 0.6) is 0 Å². The number of alkyl halides is 1. The predicted molar refractivity (Wildman–Crippen MR) is 171 cm³/mol. The van der Waals surface area contributed by atoms with Crippen molar-refractivity contribution < 1.29 is 36.6 Å². The van der Waals surface area contributed by atoms with Crippen LogP contribution < -0.4 is 0 Å². The van der Waals surface area contributed by atoms with Crippen LogP contribution in [0.3, 0.4) is 0 Å². The second-order valence-corrected chi connectivity index (χ2v) is 13.5. The fourth-order valence-corrected chi connectivity index (χ4v) is 7.93. The molecule has 2 aromatic carbocycles. The van der Waals surface area contributed by atoms with E-state index in [0.29, 0.717) is 55.1 Å². The van der Waals surface area contributed by atoms with Crippen LogP contribution in [0.1, 0.15) is 107 Å². The van der Waals surface area contributed by atoms with Gasteiger partial charge < -0.3 is 9.84 Å². The number of ether oxygens (including phenoxy) is 1. The quantitative estimate of drug-likeness (QED) is 0.0905. The van der Waals surface area contributed by atoms with Gasteiger partial charge in [-0.1, -0.05) is 18.7 Å². The average Bonchev–Trinajstić information content (AvgIpc) is 3.04. The van der Waals surface area contributed by atoms with Gasteiger partial charge in [0.2, 0.25) is 0 Å². The van der Waals surface area contributed by atoms with Gasteiger partial charge in [-0.15, -0.1) is 0 Å². The Morgan fingerprint density at radius 1 is 0.891 bits per heavy atom. The SMILES string of the molecule is C=C(C)C(=O)OCCCC(CCO)C1CCC(C2CCC(c3c(F)cc(-c4ccc(CCCCF)c(F)c4F)cc3F)CC2)CC1. The number of halogens is 5. The molecule has 4 rings (SSSR count). The van der Waals surface area contributed by atoms with Gasteiger partial charge in [0.15, 0.2) is 11.6 Å². The van der Waals surface area contributed by atoms with E-state index in [4.69, 9.17) is 4.74 Å². The Kier molecular flexibility index (Phi) is 13.7. The minimum Gasteiger partial charge on any atom is -0.462 e. The summed E-state index contributed by atoms with van der Waals surface area (Å²) in [5.74, 6) is -2.25. The summed E-state index contributed by atoms with van der Waals surface area (Å²) in [6.07, 6.45) is 10.9. The molecule has 0 aliphatic heterocycles. The first-order chi connectivity index (χ1) is 22.1. The van der Waals surface area contributed by atoms with Gasteiger partial charge >= 0.3 is 5.97 Å². The van der Waals surface area contributed by atoms with Crippen molar-refractivity contribution in [1.82, 2.24) is 0 Å². The zero-order chi connectivity index (χ0) is 33.2. The minimum atomic E-state index is -1.15. The Labute approximate surface area is 270 Å². The van der Waals surface area contributed by atoms with Crippen molar-refractivity contribution >= 4 is 5.97 Å². The van der Waals surface area contributed by atoms with Crippen molar-refractivity contribution in [3.8, 4) is 11.1 Å². The monoisotopic (exact) mass is 648 g/mol. The highest BCUT2D eigenvalue weighted by Crippen LogP contribution is 2.47. The number of benzene rings is 2. The van der Waals surface area contributed by atoms with E-state index < -0.39 is 29.9 Å². The second-order valence-electron chi connectivity index (χ2n) is 13.5. The third-order valence-corrected chi connectivity index (χ3v) is 10.5. The number of hydrogen-bond acceptors (Lipinski definition) is 3. The second kappa shape index (κ2) is 17.4. The summed E-state index contributed by atoms with van der Waals surface area (Å²) in [5.41, 5.74) is 0.325. The molecule has 0 radical (unpaired) electrons. The average molecular weight is 649 g/mol. The van der Waals surface area contributed by atoms with Crippen molar-refractivity contribution in [2.45, 2.75) is 103 Å². The molecule has 1 unspecified atom stereocenters. The van der Waals surface area contributed by atoms with Crippen LogP contribution in [0.2, 0.25) is 0 Å². The highest BCUT2D eigenvalue weighted by molar-refractivity contribution is 5.86. The predicted octanol–water partition coefficient (Wildman–Crippen LogP) is 10.2. The van der Waals surface area contributed by atoms with Gasteiger partial charge in [-0.25, -0.2) is 22.4 Å². The highest BCUT2D eigenvalue weighted by atomic mass is 19.2. The molecule has 0 heterocycles. The molecule has 8 heteroatoms. The number of carbonyl (C=O) groups excluding carboxylic acids is 1. The number of rotatable bonds is 15. The topological polar surface area (TPSA) is 46.5 Å². The number of aliphatic hydroxyl groups excluding tert-OH is 1. The molecule has 1 atom stereocenters. The summed E-state index contributed by atoms with van der Waals surface area (Å²) < 4.78 is 77.9. The molecule has 2 aliphatic rings. The first-order valence-electron chi connectivity index (χ1n) is 17.1. The van der Waals surface area contributed by atoms with Gasteiger partial charge in [-0.3, -0.25) is 4.39 Å². The third-order valence-electron chi connectivity index (χ3n) is 10.5. The van der Waals surface area contributed by atoms with Crippen molar-refractivity contribution in [1.29, 1.82) is 0 Å². The Hall–Kier alpha value is -2.74. The van der Waals surface area contributed by atoms with E-state index in [9.17, 15) is 23.1 Å². The fraction of sp³-hybridized carbons (Fsp3) is 0.605. The largest absolute Gasteiger partial charge is 0.462 e. The molecule has 46 heavy (non-hydrogen) atoms. The summed E-state index contributed by atoms with van der Waals surface area (Å²) in [4.78, 5) is 11.6. The van der Waals surface area contributed by atoms with Gasteiger partial charge in [-0.05, 0) is 150 Å². The molecule has 0 amide bonds. The smallest absolute Gasteiger partial charge is 0.333 e. The molecule has 0 spiro atoms. The molecule has 3 nitrogen and oxygen atoms in total. The van der Waals surface area contributed by atoms with Crippen molar-refractivity contribution in [2.24, 2.45) is 23.7 Å². The molecule has 0 bridgehead atoms. The minimum absolute atomic E-state index is 0.0374. The van der Waals surface area contributed by atoms with Crippen LogP contribution in [0.15, 0.2) is 36.4 Å². The van der Waals surface area contributed by atoms with E-state index in [1.165, 1.54) is 12.1 Å². The normalized spacial score (nSPS) is 22.4. The molecular formula is C38H49F5O3. The summed E-state index contributed by atoms with van der Waals surface area (Å²) >= 11 is 0. The van der Waals surface area contributed by atoms with Crippen LogP contribution >= 0.6 is 0 Å². The Balaban J connectivity index is 1.30. The zero-order valence-corrected chi connectivity index (χ0v) is 27.1. The molecule has 2 saturated carbocycles. The van der Waals surface area contributed by atoms with E-state index in [2.05, 4.69) is 6.58 Å². The molecule has 1 N–H and O–H groups in total. The van der Waals surface area contributed by atoms with Crippen molar-refractivity contribution in [2.75, 3.05) is 19.9 Å². The van der Waals surface area contributed by atoms with E-state index in [1.807, 2.05) is 0 Å². The van der Waals surface area contributed by atoms with E-state index in [0.717, 1.165) is 69.9 Å². The molecule has 0 aromatic heterocycles. The summed E-state index contributed by atoms with van der Waals surface area (Å²) in [6, 6.07) is 4.96. The third kappa shape index (κ3) is 9.20. The number of carbonyl (C=O) groups is 1. The first kappa shape index (κ1) is 36.1. The lowest BCUT2D eigenvalue weighted by atomic mass is 9.66. The Morgan fingerprint density at radius 2 is 1.52 bits per heavy atom. The maximum Gasteiger partial charge on any atom is 0.333 e. The lowest BCUT2D eigenvalue weighted by Gasteiger charge is -2.40. The van der Waals surface area contributed by atoms with Gasteiger partial charge in [-0.2, -0.15) is 0 Å². The molecule has 2 aromatic rings. The van der Waals surface area contributed by atoms with Crippen LogP contribution in [0, 0.1) is 46.9 Å². The summed E-state index contributed by atoms with van der Waals surface area (Å²) in [6.45, 7) is 5.22. The van der Waals surface area contributed by atoms with Crippen LogP contribution in [0.25, 0.3) is 11.1 Å². The Bertz CT molecular complexity index is 1290. The number of esters is 1. The maximum atomic E-state index is 15.4. The molecule has 2 aliphatic carbocycles. The molecule has 254 valence electrons. The lowest BCUT2D eigenvalue weighted by molar-refractivity contribution is -0.139. The van der Waals surface area contributed by atoms with Gasteiger partial charge in [0.25, 0.3) is 0 Å². The lowest BCUT2D eigenvalue weighted by Crippen LogP contribution is -2.28. The standard InChI is InChI=1S/C38H49F5O3/c1-24(2)38(45)46-21-5-7-25(18-20-44)26-8-10-27(11-9-26)28-12-14-29(15-13-28)35-33(40)22-31(23-34(35)41)32-17-16-30(6-3-4-19-39)36(42)37(32)43/h16-17,22-23,25-29,44H,1,3-15,18-21H2,2H3. The molecular weight excluding hydrogens is 599 g/mol. The Morgan fingerprint density at radius 3 is 2.11 bits per heavy atom. The van der Waals surface area contributed by atoms with E-state index >= 15 is 8.78 Å². The van der Waals surface area contributed by atoms with Gasteiger partial charge in [0.1, 0.15) is 11.6 Å². The number of unbranched alkanes of at least 4 members (excludes halogenated alkanes) is 1. The number of aryl methyl sites for hydroxylation is 1. The summed E-state index contributed by atoms with van der Waals surface area (Å²) in [7, 11) is 0. The van der Waals surface area contributed by atoms with E-state index in [1.54, 1.807) is 6.92 Å². The van der Waals surface area contributed by atoms with Crippen LogP contribution in [-0.2, 0) is 16.0 Å². The van der Waals surface area contributed by atoms with Crippen LogP contribution in [-0.4, -0.2) is 31.0 Å². The van der Waals surface area contributed by atoms with E-state index in [-0.39, 0.29) is 53.6 Å². The molecule has 0 saturated heterocycles. The highest BCUT2D eigenvalue weighted by Gasteiger charge is 2.35. The number of hydrogen-bond donors (Lipinski definition) is 1. The first-order valence-corrected chi connectivity index (χ1v) is 17.1. The van der Waals surface area contributed by atoms with Crippen LogP contribution in [0.4, 0.5) is 22.0 Å².